The maximum atomic E-state index is 5.88. The van der Waals surface area contributed by atoms with E-state index >= 15 is 0 Å². The summed E-state index contributed by atoms with van der Waals surface area (Å²) in [6.45, 7) is 7.18. The highest BCUT2D eigenvalue weighted by Crippen LogP contribution is 2.30. The molecule has 0 radical (unpaired) electrons. The van der Waals surface area contributed by atoms with E-state index in [4.69, 9.17) is 4.74 Å². The lowest BCUT2D eigenvalue weighted by Crippen LogP contribution is -2.29. The molecule has 0 amide bonds. The third kappa shape index (κ3) is 2.16. The monoisotopic (exact) mass is 211 g/mol. The van der Waals surface area contributed by atoms with E-state index < -0.39 is 0 Å². The second kappa shape index (κ2) is 4.43. The zero-order valence-corrected chi connectivity index (χ0v) is 9.56. The Hall–Kier alpha value is -0.380. The van der Waals surface area contributed by atoms with Gasteiger partial charge >= 0.3 is 0 Å². The maximum absolute atomic E-state index is 5.88. The molecular formula is C11H17NOS. The molecule has 1 atom stereocenters. The largest absolute Gasteiger partial charge is 0.371 e. The van der Waals surface area contributed by atoms with Crippen LogP contribution in [0.2, 0.25) is 0 Å². The zero-order valence-electron chi connectivity index (χ0n) is 8.75. The summed E-state index contributed by atoms with van der Waals surface area (Å²) in [6, 6.07) is 2.19. The number of hydrogen-bond donors (Lipinski definition) is 1. The van der Waals surface area contributed by atoms with Crippen LogP contribution in [0.3, 0.4) is 0 Å². The summed E-state index contributed by atoms with van der Waals surface area (Å²) < 4.78 is 5.88. The summed E-state index contributed by atoms with van der Waals surface area (Å²) in [5.74, 6) is 0.611. The van der Waals surface area contributed by atoms with Crippen LogP contribution in [0.5, 0.6) is 0 Å². The van der Waals surface area contributed by atoms with Crippen molar-refractivity contribution in [2.75, 3.05) is 13.2 Å². The van der Waals surface area contributed by atoms with Gasteiger partial charge in [0.2, 0.25) is 0 Å². The van der Waals surface area contributed by atoms with Crippen LogP contribution in [0.4, 0.5) is 0 Å². The minimum absolute atomic E-state index is 0.279. The molecule has 2 nitrogen and oxygen atoms in total. The first-order valence-corrected chi connectivity index (χ1v) is 6.04. The van der Waals surface area contributed by atoms with Gasteiger partial charge in [0, 0.05) is 24.6 Å². The molecule has 78 valence electrons. The number of rotatable bonds is 3. The summed E-state index contributed by atoms with van der Waals surface area (Å²) in [5, 5.41) is 5.54. The first-order valence-electron chi connectivity index (χ1n) is 5.16. The highest BCUT2D eigenvalue weighted by Gasteiger charge is 2.21. The summed E-state index contributed by atoms with van der Waals surface area (Å²) in [4.78, 5) is 1.42. The normalized spacial score (nSPS) is 21.2. The quantitative estimate of drug-likeness (QED) is 0.829. The molecule has 3 heteroatoms. The van der Waals surface area contributed by atoms with Gasteiger partial charge in [-0.15, -0.1) is 11.3 Å². The highest BCUT2D eigenvalue weighted by molar-refractivity contribution is 7.10. The fourth-order valence-electron chi connectivity index (χ4n) is 1.65. The predicted molar refractivity (Wildman–Crippen MR) is 59.6 cm³/mol. The van der Waals surface area contributed by atoms with E-state index in [-0.39, 0.29) is 6.10 Å². The minimum atomic E-state index is 0.279. The average Bonchev–Trinajstić information content (AvgIpc) is 2.62. The van der Waals surface area contributed by atoms with Crippen LogP contribution in [0, 0.1) is 5.92 Å². The fraction of sp³-hybridized carbons (Fsp3) is 0.636. The van der Waals surface area contributed by atoms with Crippen molar-refractivity contribution in [3.63, 3.8) is 0 Å². The molecule has 0 saturated carbocycles. The summed E-state index contributed by atoms with van der Waals surface area (Å²) in [7, 11) is 0. The molecule has 2 heterocycles. The van der Waals surface area contributed by atoms with Crippen LogP contribution in [0.25, 0.3) is 0 Å². The number of ether oxygens (including phenoxy) is 1. The molecule has 1 aromatic heterocycles. The van der Waals surface area contributed by atoms with Gasteiger partial charge in [0.15, 0.2) is 0 Å². The third-order valence-electron chi connectivity index (χ3n) is 2.35. The van der Waals surface area contributed by atoms with Crippen LogP contribution in [-0.4, -0.2) is 13.2 Å². The topological polar surface area (TPSA) is 21.3 Å². The minimum Gasteiger partial charge on any atom is -0.371 e. The van der Waals surface area contributed by atoms with Crippen molar-refractivity contribution < 1.29 is 4.74 Å². The Labute approximate surface area is 89.3 Å². The van der Waals surface area contributed by atoms with Gasteiger partial charge < -0.3 is 10.1 Å². The van der Waals surface area contributed by atoms with Gasteiger partial charge in [-0.25, -0.2) is 0 Å². The average molecular weight is 211 g/mol. The van der Waals surface area contributed by atoms with Crippen molar-refractivity contribution in [3.05, 3.63) is 21.9 Å². The number of fused-ring (bicyclic) bond motifs is 1. The Morgan fingerprint density at radius 1 is 1.64 bits per heavy atom. The van der Waals surface area contributed by atoms with Gasteiger partial charge in [0.1, 0.15) is 6.10 Å². The Bertz CT molecular complexity index is 295. The van der Waals surface area contributed by atoms with Crippen molar-refractivity contribution in [2.45, 2.75) is 26.5 Å². The van der Waals surface area contributed by atoms with E-state index in [1.54, 1.807) is 0 Å². The van der Waals surface area contributed by atoms with Crippen LogP contribution in [-0.2, 0) is 11.3 Å². The Kier molecular flexibility index (Phi) is 3.21. The molecule has 2 rings (SSSR count). The summed E-state index contributed by atoms with van der Waals surface area (Å²) in [5.41, 5.74) is 1.41. The van der Waals surface area contributed by atoms with Gasteiger partial charge in [-0.2, -0.15) is 0 Å². The smallest absolute Gasteiger partial charge is 0.104 e. The van der Waals surface area contributed by atoms with Crippen LogP contribution in [0.15, 0.2) is 11.4 Å². The predicted octanol–water partition coefficient (Wildman–Crippen LogP) is 2.57. The van der Waals surface area contributed by atoms with Gasteiger partial charge in [0.05, 0.1) is 0 Å². The molecular weight excluding hydrogens is 194 g/mol. The SMILES string of the molecule is CC(C)COC1CNCc2ccsc21. The molecule has 1 unspecified atom stereocenters. The molecule has 0 saturated heterocycles. The zero-order chi connectivity index (χ0) is 9.97. The molecule has 0 aromatic carbocycles. The summed E-state index contributed by atoms with van der Waals surface area (Å²) in [6.07, 6.45) is 0.279. The molecule has 14 heavy (non-hydrogen) atoms. The first kappa shape index (κ1) is 10.1. The number of nitrogens with one attached hydrogen (secondary N) is 1. The van der Waals surface area contributed by atoms with E-state index in [0.717, 1.165) is 19.7 Å². The standard InChI is InChI=1S/C11H17NOS/c1-8(2)7-13-10-6-12-5-9-3-4-14-11(9)10/h3-4,8,10,12H,5-7H2,1-2H3. The van der Waals surface area contributed by atoms with Crippen LogP contribution in [0.1, 0.15) is 30.4 Å². The molecule has 0 fully saturated rings. The van der Waals surface area contributed by atoms with Crippen molar-refractivity contribution in [1.82, 2.24) is 5.32 Å². The molecule has 1 aliphatic heterocycles. The van der Waals surface area contributed by atoms with Crippen LogP contribution >= 0.6 is 11.3 Å². The van der Waals surface area contributed by atoms with Gasteiger partial charge in [-0.05, 0) is 22.9 Å². The van der Waals surface area contributed by atoms with Crippen molar-refractivity contribution in [2.24, 2.45) is 5.92 Å². The lowest BCUT2D eigenvalue weighted by molar-refractivity contribution is 0.0329. The van der Waals surface area contributed by atoms with E-state index in [2.05, 4.69) is 30.6 Å². The van der Waals surface area contributed by atoms with Crippen molar-refractivity contribution >= 4 is 11.3 Å². The Morgan fingerprint density at radius 3 is 3.29 bits per heavy atom. The lowest BCUT2D eigenvalue weighted by Gasteiger charge is -2.24. The second-order valence-electron chi connectivity index (χ2n) is 4.16. The van der Waals surface area contributed by atoms with E-state index in [9.17, 15) is 0 Å². The van der Waals surface area contributed by atoms with Crippen LogP contribution < -0.4 is 5.32 Å². The molecule has 1 aromatic rings. The third-order valence-corrected chi connectivity index (χ3v) is 3.40. The molecule has 1 aliphatic rings. The van der Waals surface area contributed by atoms with E-state index in [0.29, 0.717) is 5.92 Å². The van der Waals surface area contributed by atoms with E-state index in [1.165, 1.54) is 10.4 Å². The summed E-state index contributed by atoms with van der Waals surface area (Å²) >= 11 is 1.82. The Morgan fingerprint density at radius 2 is 2.50 bits per heavy atom. The maximum Gasteiger partial charge on any atom is 0.104 e. The van der Waals surface area contributed by atoms with Gasteiger partial charge in [-0.1, -0.05) is 13.8 Å². The molecule has 0 aliphatic carbocycles. The van der Waals surface area contributed by atoms with Crippen molar-refractivity contribution in [3.8, 4) is 0 Å². The van der Waals surface area contributed by atoms with Crippen molar-refractivity contribution in [1.29, 1.82) is 0 Å². The molecule has 1 N–H and O–H groups in total. The lowest BCUT2D eigenvalue weighted by atomic mass is 10.1. The first-order chi connectivity index (χ1) is 6.77. The molecule has 0 bridgehead atoms. The van der Waals surface area contributed by atoms with E-state index in [1.807, 2.05) is 11.3 Å². The number of hydrogen-bond acceptors (Lipinski definition) is 3. The second-order valence-corrected chi connectivity index (χ2v) is 5.10. The highest BCUT2D eigenvalue weighted by atomic mass is 32.1. The molecule has 0 spiro atoms. The van der Waals surface area contributed by atoms with Gasteiger partial charge in [-0.3, -0.25) is 0 Å². The Balaban J connectivity index is 2.01. The number of thiophene rings is 1. The fourth-order valence-corrected chi connectivity index (χ4v) is 2.62. The van der Waals surface area contributed by atoms with Gasteiger partial charge in [0.25, 0.3) is 0 Å².